The maximum Gasteiger partial charge on any atom is 0.130 e. The van der Waals surface area contributed by atoms with Gasteiger partial charge < -0.3 is 14.4 Å². The Bertz CT molecular complexity index is 1660. The number of rotatable bonds is 9. The molecular formula is C35H35ClN2O2S. The highest BCUT2D eigenvalue weighted by atomic mass is 35.5. The number of aromatic nitrogens is 2. The van der Waals surface area contributed by atoms with Crippen LogP contribution in [0.5, 0.6) is 5.75 Å². The van der Waals surface area contributed by atoms with Crippen molar-refractivity contribution < 1.29 is 9.84 Å². The van der Waals surface area contributed by atoms with E-state index in [0.717, 1.165) is 47.0 Å². The van der Waals surface area contributed by atoms with Crippen molar-refractivity contribution in [2.24, 2.45) is 5.41 Å². The predicted molar refractivity (Wildman–Crippen MR) is 170 cm³/mol. The van der Waals surface area contributed by atoms with Crippen molar-refractivity contribution in [3.05, 3.63) is 113 Å². The lowest BCUT2D eigenvalue weighted by atomic mass is 9.88. The molecule has 1 atom stereocenters. The van der Waals surface area contributed by atoms with Gasteiger partial charge in [0.15, 0.2) is 0 Å². The summed E-state index contributed by atoms with van der Waals surface area (Å²) in [6.07, 6.45) is 3.65. The van der Waals surface area contributed by atoms with Crippen LogP contribution in [0.15, 0.2) is 90.0 Å². The van der Waals surface area contributed by atoms with Crippen LogP contribution in [0, 0.1) is 5.41 Å². The zero-order valence-electron chi connectivity index (χ0n) is 23.7. The number of pyridine rings is 1. The summed E-state index contributed by atoms with van der Waals surface area (Å²) < 4.78 is 8.91. The summed E-state index contributed by atoms with van der Waals surface area (Å²) in [5.74, 6) is 0.927. The Balaban J connectivity index is 1.36. The largest absolute Gasteiger partial charge is 0.487 e. The minimum atomic E-state index is -0.235. The van der Waals surface area contributed by atoms with Crippen LogP contribution in [-0.4, -0.2) is 26.5 Å². The molecule has 0 amide bonds. The van der Waals surface area contributed by atoms with Crippen LogP contribution in [-0.2, 0) is 26.0 Å². The molecule has 1 N–H and O–H groups in total. The van der Waals surface area contributed by atoms with Gasteiger partial charge in [0, 0.05) is 56.7 Å². The molecule has 6 rings (SSSR count). The molecule has 0 aliphatic carbocycles. The number of hydrogen-bond donors (Lipinski definition) is 1. The molecule has 5 aromatic rings. The normalized spacial score (nSPS) is 14.9. The second-order valence-corrected chi connectivity index (χ2v) is 13.6. The fourth-order valence-corrected chi connectivity index (χ4v) is 7.05. The van der Waals surface area contributed by atoms with Gasteiger partial charge in [0.1, 0.15) is 12.4 Å². The third kappa shape index (κ3) is 5.90. The zero-order valence-corrected chi connectivity index (χ0v) is 25.3. The monoisotopic (exact) mass is 582 g/mol. The number of aliphatic hydroxyl groups is 1. The molecule has 0 bridgehead atoms. The third-order valence-corrected chi connectivity index (χ3v) is 9.30. The highest BCUT2D eigenvalue weighted by Gasteiger charge is 2.31. The van der Waals surface area contributed by atoms with Crippen molar-refractivity contribution in [1.29, 1.82) is 0 Å². The van der Waals surface area contributed by atoms with Crippen molar-refractivity contribution >= 4 is 34.3 Å². The zero-order chi connectivity index (χ0) is 28.6. The topological polar surface area (TPSA) is 47.3 Å². The van der Waals surface area contributed by atoms with E-state index in [2.05, 4.69) is 72.8 Å². The highest BCUT2D eigenvalue weighted by molar-refractivity contribution is 8.00. The quantitative estimate of drug-likeness (QED) is 0.189. The van der Waals surface area contributed by atoms with Crippen molar-refractivity contribution in [3.8, 4) is 16.9 Å². The van der Waals surface area contributed by atoms with Gasteiger partial charge in [0.2, 0.25) is 0 Å². The van der Waals surface area contributed by atoms with Crippen molar-refractivity contribution in [3.63, 3.8) is 0 Å². The minimum Gasteiger partial charge on any atom is -0.487 e. The molecule has 2 aromatic heterocycles. The van der Waals surface area contributed by atoms with E-state index in [0.29, 0.717) is 11.9 Å². The van der Waals surface area contributed by atoms with Crippen LogP contribution in [0.25, 0.3) is 22.0 Å². The number of aliphatic hydroxyl groups excluding tert-OH is 1. The number of halogens is 1. The van der Waals surface area contributed by atoms with E-state index in [4.69, 9.17) is 16.3 Å². The Morgan fingerprint density at radius 3 is 2.49 bits per heavy atom. The van der Waals surface area contributed by atoms with Crippen LogP contribution in [0.3, 0.4) is 0 Å². The van der Waals surface area contributed by atoms with E-state index in [1.54, 1.807) is 0 Å². The Morgan fingerprint density at radius 1 is 1.00 bits per heavy atom. The summed E-state index contributed by atoms with van der Waals surface area (Å²) >= 11 is 8.14. The molecule has 6 heteroatoms. The van der Waals surface area contributed by atoms with Gasteiger partial charge in [-0.1, -0.05) is 80.9 Å². The highest BCUT2D eigenvalue weighted by Crippen LogP contribution is 2.48. The number of thioether (sulfide) groups is 1. The van der Waals surface area contributed by atoms with E-state index in [9.17, 15) is 5.11 Å². The van der Waals surface area contributed by atoms with Crippen molar-refractivity contribution in [2.45, 2.75) is 56.9 Å². The minimum absolute atomic E-state index is 0.131. The average molecular weight is 583 g/mol. The van der Waals surface area contributed by atoms with Crippen LogP contribution >= 0.6 is 23.4 Å². The van der Waals surface area contributed by atoms with Gasteiger partial charge in [-0.3, -0.25) is 4.98 Å². The number of nitrogens with zero attached hydrogens (tertiary/aromatic N) is 2. The first-order valence-electron chi connectivity index (χ1n) is 14.1. The van der Waals surface area contributed by atoms with E-state index in [-0.39, 0.29) is 12.0 Å². The van der Waals surface area contributed by atoms with E-state index in [1.165, 1.54) is 32.6 Å². The molecule has 4 nitrogen and oxygen atoms in total. The smallest absolute Gasteiger partial charge is 0.130 e. The summed E-state index contributed by atoms with van der Waals surface area (Å²) in [6, 6.07) is 26.9. The molecule has 3 aromatic carbocycles. The van der Waals surface area contributed by atoms with Crippen LogP contribution in [0.1, 0.15) is 43.3 Å². The van der Waals surface area contributed by atoms with Gasteiger partial charge in [-0.05, 0) is 59.7 Å². The van der Waals surface area contributed by atoms with Gasteiger partial charge in [-0.15, -0.1) is 11.8 Å². The molecular weight excluding hydrogens is 548 g/mol. The second-order valence-electron chi connectivity index (χ2n) is 11.7. The number of ether oxygens (including phenoxy) is 1. The molecule has 1 aliphatic rings. The molecule has 0 saturated carbocycles. The first-order valence-corrected chi connectivity index (χ1v) is 15.4. The molecule has 0 spiro atoms. The Morgan fingerprint density at radius 2 is 1.78 bits per heavy atom. The Labute approximate surface area is 251 Å². The summed E-state index contributed by atoms with van der Waals surface area (Å²) in [4.78, 5) is 6.01. The summed E-state index contributed by atoms with van der Waals surface area (Å²) in [7, 11) is 0. The molecule has 0 radical (unpaired) electrons. The first kappa shape index (κ1) is 27.9. The van der Waals surface area contributed by atoms with Crippen LogP contribution < -0.4 is 4.74 Å². The summed E-state index contributed by atoms with van der Waals surface area (Å²) in [5.41, 5.74) is 7.88. The van der Waals surface area contributed by atoms with Gasteiger partial charge >= 0.3 is 0 Å². The molecule has 0 fully saturated rings. The number of hydrogen-bond acceptors (Lipinski definition) is 4. The Hall–Kier alpha value is -3.25. The SMILES string of the molecule is CC1Cc2c(OCc3ccc(-c4ccccc4)cn3)ccc3c2c(c(CC(C)(C)CO)n3Cc2ccc(Cl)cc2)S1. The fraction of sp³-hybridized carbons (Fsp3) is 0.286. The lowest BCUT2D eigenvalue weighted by molar-refractivity contribution is 0.157. The average Bonchev–Trinajstić information content (AvgIpc) is 3.26. The molecule has 1 unspecified atom stereocenters. The van der Waals surface area contributed by atoms with Gasteiger partial charge in [-0.25, -0.2) is 0 Å². The molecule has 210 valence electrons. The Kier molecular flexibility index (Phi) is 7.86. The molecule has 3 heterocycles. The first-order chi connectivity index (χ1) is 19.8. The second kappa shape index (κ2) is 11.6. The maximum absolute atomic E-state index is 10.2. The summed E-state index contributed by atoms with van der Waals surface area (Å²) in [6.45, 7) is 7.85. The molecule has 1 aliphatic heterocycles. The lowest BCUT2D eigenvalue weighted by Gasteiger charge is -2.25. The number of benzene rings is 3. The van der Waals surface area contributed by atoms with Crippen molar-refractivity contribution in [2.75, 3.05) is 6.61 Å². The molecule has 0 saturated heterocycles. The van der Waals surface area contributed by atoms with E-state index < -0.39 is 0 Å². The van der Waals surface area contributed by atoms with Gasteiger partial charge in [0.25, 0.3) is 0 Å². The van der Waals surface area contributed by atoms with E-state index in [1.807, 2.05) is 54.4 Å². The fourth-order valence-electron chi connectivity index (χ4n) is 5.60. The summed E-state index contributed by atoms with van der Waals surface area (Å²) in [5, 5.41) is 12.6. The lowest BCUT2D eigenvalue weighted by Crippen LogP contribution is -2.22. The molecule has 41 heavy (non-hydrogen) atoms. The van der Waals surface area contributed by atoms with E-state index >= 15 is 0 Å². The van der Waals surface area contributed by atoms with Crippen LogP contribution in [0.4, 0.5) is 0 Å². The van der Waals surface area contributed by atoms with Gasteiger partial charge in [-0.2, -0.15) is 0 Å². The standard InChI is InChI=1S/C35H35ClN2O2S/c1-23-17-29-32(40-21-28-14-11-26(19-37-28)25-7-5-4-6-8-25)16-15-30-33(29)34(41-23)31(18-35(2,3)22-39)38(30)20-24-9-12-27(36)13-10-24/h4-16,19,23,39H,17-18,20-22H2,1-3H3. The third-order valence-electron chi connectivity index (χ3n) is 7.80. The maximum atomic E-state index is 10.2. The van der Waals surface area contributed by atoms with Gasteiger partial charge in [0.05, 0.1) is 11.2 Å². The predicted octanol–water partition coefficient (Wildman–Crippen LogP) is 8.58. The van der Waals surface area contributed by atoms with Crippen molar-refractivity contribution in [1.82, 2.24) is 9.55 Å². The van der Waals surface area contributed by atoms with Crippen LogP contribution in [0.2, 0.25) is 5.02 Å².